The van der Waals surface area contributed by atoms with Crippen molar-refractivity contribution < 1.29 is 24.3 Å². The van der Waals surface area contributed by atoms with E-state index in [2.05, 4.69) is 5.32 Å². The maximum Gasteiger partial charge on any atom is 0.326 e. The number of hydrogen-bond donors (Lipinski definition) is 2. The van der Waals surface area contributed by atoms with Crippen molar-refractivity contribution in [1.29, 1.82) is 0 Å². The van der Waals surface area contributed by atoms with Crippen LogP contribution in [0.4, 0.5) is 0 Å². The fraction of sp³-hybridized carbons (Fsp3) is 0.412. The molecule has 24 heavy (non-hydrogen) atoms. The quantitative estimate of drug-likeness (QED) is 0.762. The highest BCUT2D eigenvalue weighted by Gasteiger charge is 2.37. The van der Waals surface area contributed by atoms with Crippen LogP contribution in [0.2, 0.25) is 0 Å². The number of benzene rings is 1. The van der Waals surface area contributed by atoms with Crippen molar-refractivity contribution in [3.63, 3.8) is 0 Å². The Kier molecular flexibility index (Phi) is 5.02. The van der Waals surface area contributed by atoms with Gasteiger partial charge in [0.2, 0.25) is 5.91 Å². The molecule has 0 radical (unpaired) electrons. The third-order valence-electron chi connectivity index (χ3n) is 3.77. The molecule has 3 amide bonds. The number of carboxylic acid groups (broad SMARTS) is 1. The summed E-state index contributed by atoms with van der Waals surface area (Å²) in [5.41, 5.74) is 1.37. The van der Waals surface area contributed by atoms with Gasteiger partial charge in [0.1, 0.15) is 12.6 Å². The van der Waals surface area contributed by atoms with Crippen molar-refractivity contribution in [3.8, 4) is 0 Å². The fourth-order valence-electron chi connectivity index (χ4n) is 2.62. The molecule has 0 bridgehead atoms. The lowest BCUT2D eigenvalue weighted by atomic mass is 10.0. The SMILES string of the molecule is Cc1ccc2c(c1)C(=O)N(CC(=O)N[C@H](CC(C)C)C(=O)O)C2=O. The number of aliphatic carboxylic acids is 1. The number of aryl methyl sites for hydroxylation is 1. The molecule has 7 heteroatoms. The summed E-state index contributed by atoms with van der Waals surface area (Å²) in [7, 11) is 0. The van der Waals surface area contributed by atoms with Crippen molar-refractivity contribution in [1.82, 2.24) is 10.2 Å². The Balaban J connectivity index is 2.09. The summed E-state index contributed by atoms with van der Waals surface area (Å²) < 4.78 is 0. The first-order valence-corrected chi connectivity index (χ1v) is 7.69. The van der Waals surface area contributed by atoms with E-state index in [0.29, 0.717) is 0 Å². The molecule has 1 aromatic rings. The third-order valence-corrected chi connectivity index (χ3v) is 3.77. The zero-order valence-corrected chi connectivity index (χ0v) is 13.8. The molecule has 0 unspecified atom stereocenters. The lowest BCUT2D eigenvalue weighted by Gasteiger charge is -2.19. The lowest BCUT2D eigenvalue weighted by Crippen LogP contribution is -2.47. The molecule has 0 fully saturated rings. The van der Waals surface area contributed by atoms with Gasteiger partial charge in [-0.05, 0) is 31.4 Å². The Morgan fingerprint density at radius 1 is 1.17 bits per heavy atom. The predicted molar refractivity (Wildman–Crippen MR) is 85.6 cm³/mol. The summed E-state index contributed by atoms with van der Waals surface area (Å²) in [6, 6.07) is 3.83. The molecular formula is C17H20N2O5. The molecule has 2 rings (SSSR count). The van der Waals surface area contributed by atoms with Gasteiger partial charge in [-0.15, -0.1) is 0 Å². The Hall–Kier alpha value is -2.70. The van der Waals surface area contributed by atoms with Crippen LogP contribution in [0.1, 0.15) is 46.5 Å². The number of carbonyl (C=O) groups excluding carboxylic acids is 3. The number of imide groups is 1. The summed E-state index contributed by atoms with van der Waals surface area (Å²) in [6.45, 7) is 4.99. The van der Waals surface area contributed by atoms with E-state index < -0.39 is 36.3 Å². The van der Waals surface area contributed by atoms with E-state index in [0.717, 1.165) is 10.5 Å². The van der Waals surface area contributed by atoms with Crippen LogP contribution in [-0.4, -0.2) is 46.3 Å². The Bertz CT molecular complexity index is 711. The lowest BCUT2D eigenvalue weighted by molar-refractivity contribution is -0.142. The van der Waals surface area contributed by atoms with Crippen molar-refractivity contribution in [2.24, 2.45) is 5.92 Å². The van der Waals surface area contributed by atoms with Gasteiger partial charge in [-0.2, -0.15) is 0 Å². The maximum atomic E-state index is 12.3. The molecule has 1 heterocycles. The molecular weight excluding hydrogens is 312 g/mol. The van der Waals surface area contributed by atoms with Crippen molar-refractivity contribution in [3.05, 3.63) is 34.9 Å². The number of carbonyl (C=O) groups is 4. The minimum Gasteiger partial charge on any atom is -0.480 e. The Morgan fingerprint density at radius 2 is 1.79 bits per heavy atom. The molecule has 0 aliphatic carbocycles. The number of carboxylic acids is 1. The van der Waals surface area contributed by atoms with Crippen molar-refractivity contribution in [2.45, 2.75) is 33.2 Å². The topological polar surface area (TPSA) is 104 Å². The zero-order valence-electron chi connectivity index (χ0n) is 13.8. The highest BCUT2D eigenvalue weighted by atomic mass is 16.4. The smallest absolute Gasteiger partial charge is 0.326 e. The second-order valence-electron chi connectivity index (χ2n) is 6.33. The monoisotopic (exact) mass is 332 g/mol. The predicted octanol–water partition coefficient (Wildman–Crippen LogP) is 1.21. The minimum atomic E-state index is -1.14. The van der Waals surface area contributed by atoms with Gasteiger partial charge in [0, 0.05) is 0 Å². The summed E-state index contributed by atoms with van der Waals surface area (Å²) in [5.74, 6) is -2.82. The fourth-order valence-corrected chi connectivity index (χ4v) is 2.62. The number of rotatable bonds is 6. The van der Waals surface area contributed by atoms with Gasteiger partial charge in [-0.1, -0.05) is 25.5 Å². The molecule has 128 valence electrons. The molecule has 0 saturated carbocycles. The molecule has 1 atom stereocenters. The molecule has 1 aliphatic heterocycles. The van der Waals surface area contributed by atoms with E-state index in [-0.39, 0.29) is 23.5 Å². The van der Waals surface area contributed by atoms with Gasteiger partial charge in [0.05, 0.1) is 11.1 Å². The molecule has 1 aromatic carbocycles. The van der Waals surface area contributed by atoms with Crippen LogP contribution in [0.5, 0.6) is 0 Å². The summed E-state index contributed by atoms with van der Waals surface area (Å²) in [5, 5.41) is 11.5. The second-order valence-corrected chi connectivity index (χ2v) is 6.33. The molecule has 1 aliphatic rings. The van der Waals surface area contributed by atoms with Gasteiger partial charge in [0.15, 0.2) is 0 Å². The second kappa shape index (κ2) is 6.82. The average molecular weight is 332 g/mol. The molecule has 0 spiro atoms. The molecule has 0 aromatic heterocycles. The highest BCUT2D eigenvalue weighted by Crippen LogP contribution is 2.23. The van der Waals surface area contributed by atoms with Crippen LogP contribution in [0.3, 0.4) is 0 Å². The van der Waals surface area contributed by atoms with E-state index in [4.69, 9.17) is 5.11 Å². The van der Waals surface area contributed by atoms with Gasteiger partial charge in [0.25, 0.3) is 11.8 Å². The zero-order chi connectivity index (χ0) is 18.0. The molecule has 0 saturated heterocycles. The van der Waals surface area contributed by atoms with Crippen LogP contribution >= 0.6 is 0 Å². The van der Waals surface area contributed by atoms with E-state index in [1.807, 2.05) is 13.8 Å². The number of hydrogen-bond acceptors (Lipinski definition) is 4. The number of nitrogens with one attached hydrogen (secondary N) is 1. The number of fused-ring (bicyclic) bond motifs is 1. The van der Waals surface area contributed by atoms with Crippen molar-refractivity contribution >= 4 is 23.7 Å². The summed E-state index contributed by atoms with van der Waals surface area (Å²) >= 11 is 0. The van der Waals surface area contributed by atoms with E-state index in [1.165, 1.54) is 0 Å². The van der Waals surface area contributed by atoms with Gasteiger partial charge in [-0.3, -0.25) is 19.3 Å². The summed E-state index contributed by atoms with van der Waals surface area (Å²) in [6.07, 6.45) is 0.266. The molecule has 7 nitrogen and oxygen atoms in total. The highest BCUT2D eigenvalue weighted by molar-refractivity contribution is 6.22. The van der Waals surface area contributed by atoms with Gasteiger partial charge in [-0.25, -0.2) is 4.79 Å². The summed E-state index contributed by atoms with van der Waals surface area (Å²) in [4.78, 5) is 48.7. The number of nitrogens with zero attached hydrogens (tertiary/aromatic N) is 1. The number of amides is 3. The average Bonchev–Trinajstić information content (AvgIpc) is 2.70. The van der Waals surface area contributed by atoms with Crippen LogP contribution in [0, 0.1) is 12.8 Å². The third kappa shape index (κ3) is 3.61. The first kappa shape index (κ1) is 17.7. The first-order chi connectivity index (χ1) is 11.2. The van der Waals surface area contributed by atoms with Crippen LogP contribution < -0.4 is 5.32 Å². The standard InChI is InChI=1S/C17H20N2O5/c1-9(2)6-13(17(23)24)18-14(20)8-19-15(21)11-5-4-10(3)7-12(11)16(19)22/h4-5,7,9,13H,6,8H2,1-3H3,(H,18,20)(H,23,24)/t13-/m1/s1. The Morgan fingerprint density at radius 3 is 2.38 bits per heavy atom. The first-order valence-electron chi connectivity index (χ1n) is 7.69. The maximum absolute atomic E-state index is 12.3. The van der Waals surface area contributed by atoms with Crippen LogP contribution in [0.25, 0.3) is 0 Å². The van der Waals surface area contributed by atoms with Gasteiger partial charge >= 0.3 is 5.97 Å². The van der Waals surface area contributed by atoms with Gasteiger partial charge < -0.3 is 10.4 Å². The minimum absolute atomic E-state index is 0.0775. The molecule has 2 N–H and O–H groups in total. The Labute approximate surface area is 139 Å². The normalized spacial score (nSPS) is 14.8. The largest absolute Gasteiger partial charge is 0.480 e. The van der Waals surface area contributed by atoms with Crippen molar-refractivity contribution in [2.75, 3.05) is 6.54 Å². The van der Waals surface area contributed by atoms with Crippen LogP contribution in [0.15, 0.2) is 18.2 Å². The van der Waals surface area contributed by atoms with E-state index in [9.17, 15) is 19.2 Å². The van der Waals surface area contributed by atoms with E-state index >= 15 is 0 Å². The van der Waals surface area contributed by atoms with E-state index in [1.54, 1.807) is 25.1 Å². The van der Waals surface area contributed by atoms with Crippen LogP contribution in [-0.2, 0) is 9.59 Å².